The molecule has 2 aromatic rings. The minimum atomic E-state index is -3.72. The van der Waals surface area contributed by atoms with E-state index in [4.69, 9.17) is 0 Å². The molecule has 1 unspecified atom stereocenters. The molecule has 0 fully saturated rings. The first-order valence-corrected chi connectivity index (χ1v) is 9.63. The van der Waals surface area contributed by atoms with Crippen LogP contribution in [0.5, 0.6) is 0 Å². The molecule has 0 bridgehead atoms. The van der Waals surface area contributed by atoms with Gasteiger partial charge in [0, 0.05) is 18.4 Å². The number of amides is 3. The highest BCUT2D eigenvalue weighted by Crippen LogP contribution is 2.17. The molecule has 1 atom stereocenters. The van der Waals surface area contributed by atoms with Crippen molar-refractivity contribution in [2.45, 2.75) is 17.2 Å². The van der Waals surface area contributed by atoms with Crippen LogP contribution in [0.25, 0.3) is 0 Å². The number of anilines is 2. The summed E-state index contributed by atoms with van der Waals surface area (Å²) in [7, 11) is -2.22. The summed E-state index contributed by atoms with van der Waals surface area (Å²) in [5.74, 6) is -0.493. The number of hydrogen-bond donors (Lipinski definition) is 4. The Labute approximate surface area is 149 Å². The van der Waals surface area contributed by atoms with Crippen molar-refractivity contribution < 1.29 is 18.0 Å². The van der Waals surface area contributed by atoms with E-state index in [2.05, 4.69) is 20.7 Å². The van der Waals surface area contributed by atoms with Crippen LogP contribution < -0.4 is 20.7 Å². The number of carbonyl (C=O) groups is 2. The van der Waals surface area contributed by atoms with Crippen LogP contribution in [-0.2, 0) is 14.8 Å². The van der Waals surface area contributed by atoms with Crippen LogP contribution in [0.2, 0.25) is 0 Å². The summed E-state index contributed by atoms with van der Waals surface area (Å²) >= 11 is 1.07. The Balaban J connectivity index is 1.96. The Hall–Kier alpha value is -2.43. The molecule has 1 aromatic heterocycles. The Kier molecular flexibility index (Phi) is 6.12. The monoisotopic (exact) mass is 382 g/mol. The molecular formula is C15H18N4O4S2. The van der Waals surface area contributed by atoms with Gasteiger partial charge < -0.3 is 16.0 Å². The highest BCUT2D eigenvalue weighted by atomic mass is 32.2. The van der Waals surface area contributed by atoms with Crippen molar-refractivity contribution >= 4 is 44.7 Å². The molecule has 0 spiro atoms. The molecule has 1 heterocycles. The molecule has 25 heavy (non-hydrogen) atoms. The third-order valence-corrected chi connectivity index (χ3v) is 6.06. The van der Waals surface area contributed by atoms with Gasteiger partial charge in [0.2, 0.25) is 5.91 Å². The summed E-state index contributed by atoms with van der Waals surface area (Å²) < 4.78 is 26.7. The van der Waals surface area contributed by atoms with Gasteiger partial charge in [0.25, 0.3) is 10.0 Å². The van der Waals surface area contributed by atoms with Gasteiger partial charge in [-0.2, -0.15) is 4.72 Å². The minimum Gasteiger partial charge on any atom is -0.341 e. The molecule has 0 saturated carbocycles. The van der Waals surface area contributed by atoms with Crippen LogP contribution in [0.4, 0.5) is 16.2 Å². The van der Waals surface area contributed by atoms with E-state index in [0.717, 1.165) is 11.3 Å². The van der Waals surface area contributed by atoms with Gasteiger partial charge in [-0.3, -0.25) is 4.79 Å². The van der Waals surface area contributed by atoms with Crippen LogP contribution in [0.15, 0.2) is 46.0 Å². The molecule has 10 heteroatoms. The third kappa shape index (κ3) is 5.28. The van der Waals surface area contributed by atoms with Gasteiger partial charge >= 0.3 is 6.03 Å². The maximum Gasteiger partial charge on any atom is 0.318 e. The maximum absolute atomic E-state index is 12.2. The van der Waals surface area contributed by atoms with Crippen molar-refractivity contribution in [1.82, 2.24) is 10.0 Å². The number of nitrogens with one attached hydrogen (secondary N) is 4. The van der Waals surface area contributed by atoms with Crippen LogP contribution in [-0.4, -0.2) is 33.4 Å². The maximum atomic E-state index is 12.2. The molecular weight excluding hydrogens is 364 g/mol. The molecule has 4 N–H and O–H groups in total. The minimum absolute atomic E-state index is 0.150. The zero-order valence-electron chi connectivity index (χ0n) is 13.6. The summed E-state index contributed by atoms with van der Waals surface area (Å²) in [6.45, 7) is 1.46. The topological polar surface area (TPSA) is 116 Å². The van der Waals surface area contributed by atoms with E-state index in [9.17, 15) is 18.0 Å². The number of rotatable bonds is 6. The zero-order valence-corrected chi connectivity index (χ0v) is 15.2. The van der Waals surface area contributed by atoms with Crippen molar-refractivity contribution in [3.63, 3.8) is 0 Å². The quantitative estimate of drug-likeness (QED) is 0.609. The number of thiophene rings is 1. The molecule has 0 aliphatic rings. The third-order valence-electron chi connectivity index (χ3n) is 3.12. The van der Waals surface area contributed by atoms with Gasteiger partial charge in [-0.1, -0.05) is 6.07 Å². The van der Waals surface area contributed by atoms with Gasteiger partial charge in [0.15, 0.2) is 0 Å². The number of urea groups is 1. The lowest BCUT2D eigenvalue weighted by atomic mass is 10.2. The highest BCUT2D eigenvalue weighted by Gasteiger charge is 2.22. The van der Waals surface area contributed by atoms with Gasteiger partial charge in [0.1, 0.15) is 4.21 Å². The molecule has 8 nitrogen and oxygen atoms in total. The van der Waals surface area contributed by atoms with E-state index in [1.165, 1.54) is 20.0 Å². The van der Waals surface area contributed by atoms with E-state index in [1.54, 1.807) is 35.7 Å². The van der Waals surface area contributed by atoms with E-state index in [-0.39, 0.29) is 10.2 Å². The van der Waals surface area contributed by atoms with Gasteiger partial charge in [-0.15, -0.1) is 11.3 Å². The second-order valence-electron chi connectivity index (χ2n) is 5.05. The molecule has 134 valence electrons. The van der Waals surface area contributed by atoms with Crippen molar-refractivity contribution in [2.24, 2.45) is 0 Å². The average molecular weight is 382 g/mol. The second kappa shape index (κ2) is 8.10. The molecule has 0 aliphatic heterocycles. The Bertz CT molecular complexity index is 833. The first-order valence-electron chi connectivity index (χ1n) is 7.27. The largest absolute Gasteiger partial charge is 0.341 e. The number of carbonyl (C=O) groups excluding carboxylic acids is 2. The van der Waals surface area contributed by atoms with Crippen molar-refractivity contribution in [2.75, 3.05) is 17.7 Å². The van der Waals surface area contributed by atoms with E-state index in [0.29, 0.717) is 11.4 Å². The lowest BCUT2D eigenvalue weighted by molar-refractivity contribution is -0.117. The zero-order chi connectivity index (χ0) is 18.4. The molecule has 0 radical (unpaired) electrons. The molecule has 0 saturated heterocycles. The molecule has 2 rings (SSSR count). The Morgan fingerprint density at radius 3 is 2.16 bits per heavy atom. The van der Waals surface area contributed by atoms with Gasteiger partial charge in [-0.05, 0) is 42.6 Å². The summed E-state index contributed by atoms with van der Waals surface area (Å²) in [6, 6.07) is 8.22. The van der Waals surface area contributed by atoms with Crippen molar-refractivity contribution in [1.29, 1.82) is 0 Å². The predicted octanol–water partition coefficient (Wildman–Crippen LogP) is 1.80. The van der Waals surface area contributed by atoms with Crippen LogP contribution in [0.1, 0.15) is 6.92 Å². The van der Waals surface area contributed by atoms with Gasteiger partial charge in [0.05, 0.1) is 6.04 Å². The first kappa shape index (κ1) is 18.9. The SMILES string of the molecule is CNC(=O)Nc1ccc(NC(=O)C(C)NS(=O)(=O)c2cccs2)cc1. The van der Waals surface area contributed by atoms with Crippen molar-refractivity contribution in [3.05, 3.63) is 41.8 Å². The average Bonchev–Trinajstić information content (AvgIpc) is 3.11. The fraction of sp³-hybridized carbons (Fsp3) is 0.200. The molecule has 1 aromatic carbocycles. The summed E-state index contributed by atoms with van der Waals surface area (Å²) in [6.07, 6.45) is 0. The fourth-order valence-corrected chi connectivity index (χ4v) is 4.05. The van der Waals surface area contributed by atoms with E-state index < -0.39 is 22.0 Å². The Morgan fingerprint density at radius 1 is 1.04 bits per heavy atom. The first-order chi connectivity index (χ1) is 11.8. The highest BCUT2D eigenvalue weighted by molar-refractivity contribution is 7.91. The smallest absolute Gasteiger partial charge is 0.318 e. The Morgan fingerprint density at radius 2 is 1.64 bits per heavy atom. The second-order valence-corrected chi connectivity index (χ2v) is 7.93. The summed E-state index contributed by atoms with van der Waals surface area (Å²) in [5.41, 5.74) is 1.04. The van der Waals surface area contributed by atoms with Gasteiger partial charge in [-0.25, -0.2) is 13.2 Å². The van der Waals surface area contributed by atoms with E-state index >= 15 is 0 Å². The predicted molar refractivity (Wildman–Crippen MR) is 97.3 cm³/mol. The number of sulfonamides is 1. The lowest BCUT2D eigenvalue weighted by Gasteiger charge is -2.14. The van der Waals surface area contributed by atoms with Crippen LogP contribution in [0.3, 0.4) is 0 Å². The summed E-state index contributed by atoms with van der Waals surface area (Å²) in [4.78, 5) is 23.4. The molecule has 0 aliphatic carbocycles. The standard InChI is InChI=1S/C15H18N4O4S2/c1-10(19-25(22,23)13-4-3-9-24-13)14(20)17-11-5-7-12(8-6-11)18-15(21)16-2/h3-10,19H,1-2H3,(H,17,20)(H2,16,18,21). The lowest BCUT2D eigenvalue weighted by Crippen LogP contribution is -2.41. The number of hydrogen-bond acceptors (Lipinski definition) is 5. The fourth-order valence-electron chi connectivity index (χ4n) is 1.84. The van der Waals surface area contributed by atoms with Crippen LogP contribution >= 0.6 is 11.3 Å². The molecule has 3 amide bonds. The van der Waals surface area contributed by atoms with Crippen molar-refractivity contribution in [3.8, 4) is 0 Å². The normalized spacial score (nSPS) is 12.2. The summed E-state index contributed by atoms with van der Waals surface area (Å²) in [5, 5.41) is 9.27. The number of benzene rings is 1. The van der Waals surface area contributed by atoms with Crippen LogP contribution in [0, 0.1) is 0 Å². The van der Waals surface area contributed by atoms with E-state index in [1.807, 2.05) is 0 Å².